The van der Waals surface area contributed by atoms with Crippen molar-refractivity contribution < 1.29 is 23.8 Å². The van der Waals surface area contributed by atoms with Crippen LogP contribution < -0.4 is 20.8 Å². The number of hydrogen-bond acceptors (Lipinski definition) is 6. The molecule has 0 bridgehead atoms. The van der Waals surface area contributed by atoms with Gasteiger partial charge in [0.25, 0.3) is 0 Å². The van der Waals surface area contributed by atoms with E-state index in [9.17, 15) is 19.5 Å². The average Bonchev–Trinajstić information content (AvgIpc) is 2.58. The molecule has 0 aliphatic carbocycles. The molecular formula is C19H22NO6-. The maximum absolute atomic E-state index is 12.1. The van der Waals surface area contributed by atoms with Crippen LogP contribution in [0.15, 0.2) is 27.4 Å². The average molecular weight is 360 g/mol. The molecule has 1 aromatic carbocycles. The number of carbonyl (C=O) groups excluding carboxylic acids is 2. The van der Waals surface area contributed by atoms with Gasteiger partial charge in [-0.05, 0) is 43.9 Å². The van der Waals surface area contributed by atoms with Crippen LogP contribution >= 0.6 is 0 Å². The molecule has 0 aliphatic rings. The Labute approximate surface area is 151 Å². The third-order valence-electron chi connectivity index (χ3n) is 4.15. The molecule has 0 radical (unpaired) electrons. The minimum absolute atomic E-state index is 0.0303. The second kappa shape index (κ2) is 9.03. The van der Waals surface area contributed by atoms with Gasteiger partial charge in [0, 0.05) is 29.5 Å². The molecule has 7 heteroatoms. The zero-order chi connectivity index (χ0) is 19.1. The van der Waals surface area contributed by atoms with Gasteiger partial charge in [0.15, 0.2) is 0 Å². The van der Waals surface area contributed by atoms with Crippen molar-refractivity contribution in [2.75, 3.05) is 13.7 Å². The Morgan fingerprint density at radius 3 is 2.69 bits per heavy atom. The molecule has 0 aliphatic heterocycles. The van der Waals surface area contributed by atoms with Gasteiger partial charge in [0.1, 0.15) is 11.3 Å². The summed E-state index contributed by atoms with van der Waals surface area (Å²) in [6.07, 6.45) is 2.01. The van der Waals surface area contributed by atoms with E-state index in [0.29, 0.717) is 53.7 Å². The zero-order valence-corrected chi connectivity index (χ0v) is 14.9. The Morgan fingerprint density at radius 1 is 1.23 bits per heavy atom. The highest BCUT2D eigenvalue weighted by molar-refractivity contribution is 5.89. The SMILES string of the molecule is COc1ccc2c(CC(=O)NCCCCCC(=O)[O-])cc(=O)oc2c1C. The van der Waals surface area contributed by atoms with Gasteiger partial charge < -0.3 is 24.4 Å². The van der Waals surface area contributed by atoms with E-state index in [2.05, 4.69) is 5.32 Å². The smallest absolute Gasteiger partial charge is 0.336 e. The molecule has 2 aromatic rings. The molecule has 0 saturated carbocycles. The van der Waals surface area contributed by atoms with Crippen LogP contribution in [0.25, 0.3) is 11.0 Å². The third kappa shape index (κ3) is 5.08. The summed E-state index contributed by atoms with van der Waals surface area (Å²) >= 11 is 0. The molecule has 0 fully saturated rings. The number of hydrogen-bond donors (Lipinski definition) is 1. The van der Waals surface area contributed by atoms with Gasteiger partial charge >= 0.3 is 5.63 Å². The molecule has 1 N–H and O–H groups in total. The van der Waals surface area contributed by atoms with Gasteiger partial charge in [-0.1, -0.05) is 6.42 Å². The molecule has 0 spiro atoms. The van der Waals surface area contributed by atoms with Crippen molar-refractivity contribution in [3.63, 3.8) is 0 Å². The molecular weight excluding hydrogens is 338 g/mol. The summed E-state index contributed by atoms with van der Waals surface area (Å²) < 4.78 is 10.5. The van der Waals surface area contributed by atoms with Crippen LogP contribution in [0, 0.1) is 6.92 Å². The minimum atomic E-state index is -1.06. The molecule has 7 nitrogen and oxygen atoms in total. The van der Waals surface area contributed by atoms with E-state index < -0.39 is 11.6 Å². The molecule has 1 heterocycles. The van der Waals surface area contributed by atoms with Crippen LogP contribution in [0.1, 0.15) is 36.8 Å². The van der Waals surface area contributed by atoms with E-state index in [4.69, 9.17) is 9.15 Å². The van der Waals surface area contributed by atoms with Crippen molar-refractivity contribution in [2.24, 2.45) is 0 Å². The normalized spacial score (nSPS) is 10.7. The lowest BCUT2D eigenvalue weighted by atomic mass is 10.0. The van der Waals surface area contributed by atoms with Crippen LogP contribution in [0.3, 0.4) is 0 Å². The quantitative estimate of drug-likeness (QED) is 0.529. The topological polar surface area (TPSA) is 109 Å². The van der Waals surface area contributed by atoms with Crippen molar-refractivity contribution in [3.05, 3.63) is 39.7 Å². The van der Waals surface area contributed by atoms with Crippen LogP contribution in [0.4, 0.5) is 0 Å². The van der Waals surface area contributed by atoms with Gasteiger partial charge in [0.2, 0.25) is 5.91 Å². The van der Waals surface area contributed by atoms with E-state index >= 15 is 0 Å². The number of carbonyl (C=O) groups is 2. The van der Waals surface area contributed by atoms with Crippen LogP contribution in [-0.2, 0) is 16.0 Å². The van der Waals surface area contributed by atoms with Crippen LogP contribution in [-0.4, -0.2) is 25.5 Å². The van der Waals surface area contributed by atoms with Gasteiger partial charge in [0.05, 0.1) is 13.5 Å². The number of carboxylic acid groups (broad SMARTS) is 1. The maximum Gasteiger partial charge on any atom is 0.336 e. The molecule has 0 atom stereocenters. The fourth-order valence-electron chi connectivity index (χ4n) is 2.81. The largest absolute Gasteiger partial charge is 0.550 e. The molecule has 140 valence electrons. The second-order valence-electron chi connectivity index (χ2n) is 6.07. The number of nitrogens with one attached hydrogen (secondary N) is 1. The first-order valence-corrected chi connectivity index (χ1v) is 8.49. The molecule has 0 unspecified atom stereocenters. The lowest BCUT2D eigenvalue weighted by Gasteiger charge is -2.10. The molecule has 26 heavy (non-hydrogen) atoms. The number of aliphatic carboxylic acids is 1. The van der Waals surface area contributed by atoms with Gasteiger partial charge in [-0.3, -0.25) is 4.79 Å². The molecule has 1 aromatic heterocycles. The summed E-state index contributed by atoms with van der Waals surface area (Å²) in [6, 6.07) is 4.87. The lowest BCUT2D eigenvalue weighted by Crippen LogP contribution is -2.26. The van der Waals surface area contributed by atoms with Crippen molar-refractivity contribution >= 4 is 22.8 Å². The first-order valence-electron chi connectivity index (χ1n) is 8.49. The van der Waals surface area contributed by atoms with Crippen molar-refractivity contribution in [1.29, 1.82) is 0 Å². The second-order valence-corrected chi connectivity index (χ2v) is 6.07. The predicted molar refractivity (Wildman–Crippen MR) is 94.0 cm³/mol. The summed E-state index contributed by atoms with van der Waals surface area (Å²) in [6.45, 7) is 2.25. The Hall–Kier alpha value is -2.83. The fraction of sp³-hybridized carbons (Fsp3) is 0.421. The highest BCUT2D eigenvalue weighted by Crippen LogP contribution is 2.28. The van der Waals surface area contributed by atoms with E-state index in [1.165, 1.54) is 13.2 Å². The number of rotatable bonds is 9. The monoisotopic (exact) mass is 360 g/mol. The lowest BCUT2D eigenvalue weighted by molar-refractivity contribution is -0.305. The highest BCUT2D eigenvalue weighted by atomic mass is 16.5. The number of fused-ring (bicyclic) bond motifs is 1. The Balaban J connectivity index is 2.01. The maximum atomic E-state index is 12.1. The third-order valence-corrected chi connectivity index (χ3v) is 4.15. The molecule has 1 amide bonds. The zero-order valence-electron chi connectivity index (χ0n) is 14.9. The number of unbranched alkanes of at least 4 members (excludes halogenated alkanes) is 2. The number of benzene rings is 1. The molecule has 0 saturated heterocycles. The minimum Gasteiger partial charge on any atom is -0.550 e. The summed E-state index contributed by atoms with van der Waals surface area (Å²) in [5, 5.41) is 13.8. The number of carboxylic acids is 1. The summed E-state index contributed by atoms with van der Waals surface area (Å²) in [4.78, 5) is 34.3. The Morgan fingerprint density at radius 2 is 2.00 bits per heavy atom. The summed E-state index contributed by atoms with van der Waals surface area (Å²) in [7, 11) is 1.54. The fourth-order valence-corrected chi connectivity index (χ4v) is 2.81. The van der Waals surface area contributed by atoms with E-state index in [1.54, 1.807) is 19.1 Å². The number of ether oxygens (including phenoxy) is 1. The summed E-state index contributed by atoms with van der Waals surface area (Å²) in [5.41, 5.74) is 1.20. The Kier molecular flexibility index (Phi) is 6.77. The number of aryl methyl sites for hydroxylation is 1. The van der Waals surface area contributed by atoms with Gasteiger partial charge in [-0.15, -0.1) is 0 Å². The van der Waals surface area contributed by atoms with Crippen molar-refractivity contribution in [3.8, 4) is 5.75 Å². The van der Waals surface area contributed by atoms with E-state index in [1.807, 2.05) is 0 Å². The van der Waals surface area contributed by atoms with E-state index in [-0.39, 0.29) is 18.7 Å². The predicted octanol–water partition coefficient (Wildman–Crippen LogP) is 1.08. The number of methoxy groups -OCH3 is 1. The van der Waals surface area contributed by atoms with Crippen molar-refractivity contribution in [1.82, 2.24) is 5.32 Å². The first-order chi connectivity index (χ1) is 12.4. The van der Waals surface area contributed by atoms with E-state index in [0.717, 1.165) is 0 Å². The van der Waals surface area contributed by atoms with Crippen LogP contribution in [0.2, 0.25) is 0 Å². The van der Waals surface area contributed by atoms with Crippen molar-refractivity contribution in [2.45, 2.75) is 39.0 Å². The Bertz CT molecular complexity index is 855. The molecule has 2 rings (SSSR count). The number of amides is 1. The summed E-state index contributed by atoms with van der Waals surface area (Å²) in [5.74, 6) is -0.653. The van der Waals surface area contributed by atoms with Crippen LogP contribution in [0.5, 0.6) is 5.75 Å². The first kappa shape index (κ1) is 19.5. The van der Waals surface area contributed by atoms with Gasteiger partial charge in [-0.25, -0.2) is 4.79 Å². The standard InChI is InChI=1S/C19H23NO6/c1-12-15(25-2)8-7-14-13(11-18(24)26-19(12)14)10-16(21)20-9-5-3-4-6-17(22)23/h7-8,11H,3-6,9-10H2,1-2H3,(H,20,21)(H,22,23)/p-1. The highest BCUT2D eigenvalue weighted by Gasteiger charge is 2.13. The van der Waals surface area contributed by atoms with Gasteiger partial charge in [-0.2, -0.15) is 0 Å².